The number of nitrogens with two attached hydrogens (primary N) is 1. The predicted octanol–water partition coefficient (Wildman–Crippen LogP) is 2.23. The molecular weight excluding hydrogens is 310 g/mol. The highest BCUT2D eigenvalue weighted by atomic mass is 16.5. The molecule has 0 aliphatic heterocycles. The van der Waals surface area contributed by atoms with Crippen LogP contribution in [0.25, 0.3) is 0 Å². The fourth-order valence-electron chi connectivity index (χ4n) is 2.25. The van der Waals surface area contributed by atoms with Crippen LogP contribution < -0.4 is 20.6 Å². The number of aliphatic carboxylic acids is 1. The number of benzene rings is 2. The molecule has 1 unspecified atom stereocenters. The average molecular weight is 329 g/mol. The van der Waals surface area contributed by atoms with E-state index in [4.69, 9.17) is 15.3 Å². The van der Waals surface area contributed by atoms with Gasteiger partial charge in [0.1, 0.15) is 11.5 Å². The molecule has 1 atom stereocenters. The number of anilines is 1. The molecule has 2 rings (SSSR count). The maximum atomic E-state index is 11.7. The van der Waals surface area contributed by atoms with Crippen LogP contribution in [-0.4, -0.2) is 31.5 Å². The molecule has 4 N–H and O–H groups in total. The minimum absolute atomic E-state index is 0.511. The van der Waals surface area contributed by atoms with E-state index in [0.717, 1.165) is 5.56 Å². The minimum atomic E-state index is -1.02. The third-order valence-electron chi connectivity index (χ3n) is 3.38. The second-order valence-corrected chi connectivity index (χ2v) is 4.97. The van der Waals surface area contributed by atoms with Crippen molar-refractivity contribution in [3.05, 3.63) is 53.6 Å². The van der Waals surface area contributed by atoms with Crippen molar-refractivity contribution in [2.24, 2.45) is 10.9 Å². The lowest BCUT2D eigenvalue weighted by Gasteiger charge is -2.18. The normalized spacial score (nSPS) is 11.9. The zero-order valence-electron chi connectivity index (χ0n) is 13.4. The second-order valence-electron chi connectivity index (χ2n) is 4.97. The third kappa shape index (κ3) is 4.16. The van der Waals surface area contributed by atoms with Gasteiger partial charge in [-0.05, 0) is 35.4 Å². The summed E-state index contributed by atoms with van der Waals surface area (Å²) in [6, 6.07) is 11.1. The highest BCUT2D eigenvalue weighted by molar-refractivity contribution is 5.83. The number of rotatable bonds is 7. The van der Waals surface area contributed by atoms with Gasteiger partial charge < -0.3 is 25.7 Å². The molecule has 0 aliphatic rings. The minimum Gasteiger partial charge on any atom is -0.497 e. The van der Waals surface area contributed by atoms with E-state index in [9.17, 15) is 9.90 Å². The van der Waals surface area contributed by atoms with Gasteiger partial charge in [-0.3, -0.25) is 0 Å². The van der Waals surface area contributed by atoms with Gasteiger partial charge in [-0.1, -0.05) is 12.1 Å². The molecular formula is C17H19N3O4. The molecule has 24 heavy (non-hydrogen) atoms. The Morgan fingerprint density at radius 1 is 1.21 bits per heavy atom. The molecule has 0 amide bonds. The van der Waals surface area contributed by atoms with Crippen molar-refractivity contribution >= 4 is 17.9 Å². The van der Waals surface area contributed by atoms with Gasteiger partial charge in [0.2, 0.25) is 0 Å². The first-order valence-electron chi connectivity index (χ1n) is 7.13. The number of ether oxygens (including phenoxy) is 2. The summed E-state index contributed by atoms with van der Waals surface area (Å²) >= 11 is 0. The van der Waals surface area contributed by atoms with Gasteiger partial charge in [-0.25, -0.2) is 4.79 Å². The lowest BCUT2D eigenvalue weighted by atomic mass is 10.1. The van der Waals surface area contributed by atoms with Gasteiger partial charge in [-0.2, -0.15) is 5.10 Å². The molecule has 0 aliphatic carbocycles. The molecule has 126 valence electrons. The van der Waals surface area contributed by atoms with Crippen molar-refractivity contribution in [3.8, 4) is 11.5 Å². The van der Waals surface area contributed by atoms with E-state index in [2.05, 4.69) is 10.4 Å². The largest absolute Gasteiger partial charge is 0.497 e. The Morgan fingerprint density at radius 3 is 2.42 bits per heavy atom. The van der Waals surface area contributed by atoms with Gasteiger partial charge in [-0.15, -0.1) is 0 Å². The van der Waals surface area contributed by atoms with Crippen LogP contribution in [0.4, 0.5) is 5.69 Å². The number of hydrogen-bond donors (Lipinski definition) is 3. The Hall–Kier alpha value is -3.22. The number of carboxylic acid groups (broad SMARTS) is 1. The van der Waals surface area contributed by atoms with Crippen LogP contribution >= 0.6 is 0 Å². The highest BCUT2D eigenvalue weighted by Crippen LogP contribution is 2.29. The van der Waals surface area contributed by atoms with Crippen LogP contribution in [-0.2, 0) is 4.79 Å². The Kier molecular flexibility index (Phi) is 5.62. The van der Waals surface area contributed by atoms with Gasteiger partial charge in [0.15, 0.2) is 6.04 Å². The molecule has 0 saturated heterocycles. The molecule has 0 spiro atoms. The number of hydrazone groups is 1. The second kappa shape index (κ2) is 7.87. The number of hydrogen-bond acceptors (Lipinski definition) is 6. The summed E-state index contributed by atoms with van der Waals surface area (Å²) in [4.78, 5) is 11.7. The number of nitrogens with one attached hydrogen (secondary N) is 1. The van der Waals surface area contributed by atoms with Crippen LogP contribution in [0, 0.1) is 0 Å². The van der Waals surface area contributed by atoms with E-state index in [0.29, 0.717) is 22.7 Å². The molecule has 0 fully saturated rings. The fourth-order valence-corrected chi connectivity index (χ4v) is 2.25. The third-order valence-corrected chi connectivity index (χ3v) is 3.38. The van der Waals surface area contributed by atoms with Crippen LogP contribution in [0.15, 0.2) is 47.6 Å². The maximum Gasteiger partial charge on any atom is 0.330 e. The summed E-state index contributed by atoms with van der Waals surface area (Å²) in [5.74, 6) is 5.15. The molecule has 2 aromatic rings. The summed E-state index contributed by atoms with van der Waals surface area (Å²) in [6.45, 7) is 0. The SMILES string of the molecule is COc1cc(OC)cc(C(Nc2cccc(C=NN)c2)C(=O)O)c1. The quantitative estimate of drug-likeness (QED) is 0.408. The summed E-state index contributed by atoms with van der Waals surface area (Å²) in [6.07, 6.45) is 1.48. The van der Waals surface area contributed by atoms with Crippen LogP contribution in [0.5, 0.6) is 11.5 Å². The Bertz CT molecular complexity index is 724. The Balaban J connectivity index is 2.36. The topological polar surface area (TPSA) is 106 Å². The van der Waals surface area contributed by atoms with Crippen LogP contribution in [0.1, 0.15) is 17.2 Å². The van der Waals surface area contributed by atoms with Gasteiger partial charge in [0.05, 0.1) is 20.4 Å². The molecule has 0 bridgehead atoms. The van der Waals surface area contributed by atoms with Crippen molar-refractivity contribution in [1.82, 2.24) is 0 Å². The summed E-state index contributed by atoms with van der Waals surface area (Å²) < 4.78 is 10.4. The van der Waals surface area contributed by atoms with E-state index >= 15 is 0 Å². The number of carbonyl (C=O) groups is 1. The first-order valence-corrected chi connectivity index (χ1v) is 7.13. The predicted molar refractivity (Wildman–Crippen MR) is 91.8 cm³/mol. The van der Waals surface area contributed by atoms with Crippen molar-refractivity contribution in [3.63, 3.8) is 0 Å². The first-order chi connectivity index (χ1) is 11.6. The monoisotopic (exact) mass is 329 g/mol. The lowest BCUT2D eigenvalue weighted by molar-refractivity contribution is -0.138. The molecule has 0 heterocycles. The van der Waals surface area contributed by atoms with E-state index in [1.807, 2.05) is 6.07 Å². The van der Waals surface area contributed by atoms with Crippen molar-refractivity contribution in [2.75, 3.05) is 19.5 Å². The number of methoxy groups -OCH3 is 2. The maximum absolute atomic E-state index is 11.7. The summed E-state index contributed by atoms with van der Waals surface area (Å²) in [7, 11) is 3.02. The zero-order valence-corrected chi connectivity index (χ0v) is 13.4. The number of nitrogens with zero attached hydrogens (tertiary/aromatic N) is 1. The van der Waals surface area contributed by atoms with Crippen molar-refractivity contribution < 1.29 is 19.4 Å². The van der Waals surface area contributed by atoms with E-state index < -0.39 is 12.0 Å². The molecule has 0 saturated carbocycles. The summed E-state index contributed by atoms with van der Waals surface area (Å²) in [5, 5.41) is 16.0. The molecule has 2 aromatic carbocycles. The zero-order chi connectivity index (χ0) is 17.5. The Morgan fingerprint density at radius 2 is 1.88 bits per heavy atom. The highest BCUT2D eigenvalue weighted by Gasteiger charge is 2.21. The van der Waals surface area contributed by atoms with Crippen molar-refractivity contribution in [1.29, 1.82) is 0 Å². The Labute approximate surface area is 139 Å². The smallest absolute Gasteiger partial charge is 0.330 e. The van der Waals surface area contributed by atoms with E-state index in [1.165, 1.54) is 20.4 Å². The van der Waals surface area contributed by atoms with Crippen molar-refractivity contribution in [2.45, 2.75) is 6.04 Å². The van der Waals surface area contributed by atoms with Crippen LogP contribution in [0.3, 0.4) is 0 Å². The molecule has 7 heteroatoms. The molecule has 0 aromatic heterocycles. The summed E-state index contributed by atoms with van der Waals surface area (Å²) in [5.41, 5.74) is 1.90. The average Bonchev–Trinajstić information content (AvgIpc) is 2.59. The fraction of sp³-hybridized carbons (Fsp3) is 0.176. The van der Waals surface area contributed by atoms with E-state index in [1.54, 1.807) is 36.4 Å². The van der Waals surface area contributed by atoms with Crippen LogP contribution in [0.2, 0.25) is 0 Å². The van der Waals surface area contributed by atoms with E-state index in [-0.39, 0.29) is 0 Å². The van der Waals surface area contributed by atoms with Gasteiger partial charge >= 0.3 is 5.97 Å². The standard InChI is InChI=1S/C17H19N3O4/c1-23-14-7-12(8-15(9-14)24-2)16(17(21)22)20-13-5-3-4-11(6-13)10-19-18/h3-10,16,20H,18H2,1-2H3,(H,21,22). The lowest BCUT2D eigenvalue weighted by Crippen LogP contribution is -2.20. The first kappa shape index (κ1) is 17.1. The van der Waals surface area contributed by atoms with Gasteiger partial charge in [0, 0.05) is 11.8 Å². The number of carboxylic acids is 1. The molecule has 7 nitrogen and oxygen atoms in total. The molecule has 0 radical (unpaired) electrons. The van der Waals surface area contributed by atoms with Gasteiger partial charge in [0.25, 0.3) is 0 Å².